The summed E-state index contributed by atoms with van der Waals surface area (Å²) in [5, 5.41) is 7.27. The predicted molar refractivity (Wildman–Crippen MR) is 112 cm³/mol. The minimum absolute atomic E-state index is 0.0154. The summed E-state index contributed by atoms with van der Waals surface area (Å²) >= 11 is 7.23. The molecule has 3 aromatic rings. The van der Waals surface area contributed by atoms with E-state index in [4.69, 9.17) is 17.0 Å². The van der Waals surface area contributed by atoms with Gasteiger partial charge in [-0.1, -0.05) is 6.07 Å². The number of thiocarbonyl (C=S) groups is 1. The molecule has 146 valence electrons. The molecule has 13 heteroatoms. The molecule has 0 atom stereocenters. The maximum atomic E-state index is 12.4. The zero-order chi connectivity index (χ0) is 20.1. The van der Waals surface area contributed by atoms with Crippen molar-refractivity contribution in [1.29, 1.82) is 0 Å². The van der Waals surface area contributed by atoms with Gasteiger partial charge in [0.15, 0.2) is 5.11 Å². The number of carbonyl (C=O) groups excluding carboxylic acids is 1. The molecule has 9 nitrogen and oxygen atoms in total. The number of nitrogens with one attached hydrogen (secondary N) is 3. The highest BCUT2D eigenvalue weighted by Crippen LogP contribution is 2.24. The van der Waals surface area contributed by atoms with Gasteiger partial charge in [-0.15, -0.1) is 15.7 Å². The number of methoxy groups -OCH3 is 1. The van der Waals surface area contributed by atoms with Gasteiger partial charge in [0.25, 0.3) is 21.8 Å². The first kappa shape index (κ1) is 20.1. The van der Waals surface area contributed by atoms with E-state index in [1.165, 1.54) is 42.7 Å². The van der Waals surface area contributed by atoms with Crippen LogP contribution < -0.4 is 20.1 Å². The zero-order valence-corrected chi connectivity index (χ0v) is 17.5. The van der Waals surface area contributed by atoms with Crippen LogP contribution in [0.4, 0.5) is 11.5 Å². The van der Waals surface area contributed by atoms with E-state index in [0.717, 1.165) is 11.7 Å². The van der Waals surface area contributed by atoms with Crippen LogP contribution in [0.25, 0.3) is 0 Å². The van der Waals surface area contributed by atoms with E-state index in [-0.39, 0.29) is 27.6 Å². The molecule has 0 fully saturated rings. The Kier molecular flexibility index (Phi) is 6.18. The third kappa shape index (κ3) is 4.81. The molecule has 3 N–H and O–H groups in total. The second kappa shape index (κ2) is 8.60. The highest BCUT2D eigenvalue weighted by molar-refractivity contribution is 7.92. The van der Waals surface area contributed by atoms with E-state index in [2.05, 4.69) is 24.1 Å². The number of carbonyl (C=O) groups is 1. The molecule has 0 saturated carbocycles. The van der Waals surface area contributed by atoms with Crippen LogP contribution in [0.3, 0.4) is 0 Å². The lowest BCUT2D eigenvalue weighted by Gasteiger charge is -2.10. The van der Waals surface area contributed by atoms with E-state index in [1.807, 2.05) is 0 Å². The first-order valence-electron chi connectivity index (χ1n) is 7.54. The highest BCUT2D eigenvalue weighted by Gasteiger charge is 2.19. The van der Waals surface area contributed by atoms with Crippen molar-refractivity contribution in [3.05, 3.63) is 46.7 Å². The maximum Gasteiger partial charge on any atom is 0.271 e. The van der Waals surface area contributed by atoms with Crippen molar-refractivity contribution >= 4 is 67.8 Å². The van der Waals surface area contributed by atoms with Gasteiger partial charge in [0.05, 0.1) is 28.6 Å². The lowest BCUT2D eigenvalue weighted by Crippen LogP contribution is -2.33. The van der Waals surface area contributed by atoms with Crippen LogP contribution in [0.2, 0.25) is 0 Å². The minimum Gasteiger partial charge on any atom is -0.478 e. The van der Waals surface area contributed by atoms with E-state index in [1.54, 1.807) is 17.5 Å². The summed E-state index contributed by atoms with van der Waals surface area (Å²) in [6.45, 7) is 0. The number of aromatic nitrogens is 2. The van der Waals surface area contributed by atoms with Crippen LogP contribution >= 0.6 is 35.3 Å². The Morgan fingerprint density at radius 2 is 1.93 bits per heavy atom. The molecular formula is C15H13N5O4S4. The second-order valence-corrected chi connectivity index (χ2v) is 8.70. The van der Waals surface area contributed by atoms with Crippen molar-refractivity contribution in [2.45, 2.75) is 4.90 Å². The van der Waals surface area contributed by atoms with Gasteiger partial charge in [-0.2, -0.15) is 4.37 Å². The zero-order valence-electron chi connectivity index (χ0n) is 14.2. The summed E-state index contributed by atoms with van der Waals surface area (Å²) in [7, 11) is -2.49. The van der Waals surface area contributed by atoms with Crippen LogP contribution in [0.15, 0.2) is 46.7 Å². The Labute approximate surface area is 174 Å². The molecule has 0 bridgehead atoms. The molecule has 28 heavy (non-hydrogen) atoms. The van der Waals surface area contributed by atoms with Gasteiger partial charge in [-0.25, -0.2) is 8.42 Å². The predicted octanol–water partition coefficient (Wildman–Crippen LogP) is 2.54. The lowest BCUT2D eigenvalue weighted by molar-refractivity contribution is 0.0981. The Morgan fingerprint density at radius 3 is 2.57 bits per heavy atom. The first-order chi connectivity index (χ1) is 13.4. The molecule has 0 spiro atoms. The lowest BCUT2D eigenvalue weighted by atomic mass is 10.3. The van der Waals surface area contributed by atoms with Crippen molar-refractivity contribution < 1.29 is 17.9 Å². The Balaban J connectivity index is 1.64. The normalized spacial score (nSPS) is 10.9. The number of benzene rings is 1. The summed E-state index contributed by atoms with van der Waals surface area (Å²) in [6.07, 6.45) is 0. The first-order valence-corrected chi connectivity index (χ1v) is 11.0. The molecule has 2 heterocycles. The Bertz CT molecular complexity index is 1080. The number of nitrogens with zero attached hydrogens (tertiary/aromatic N) is 2. The average molecular weight is 456 g/mol. The maximum absolute atomic E-state index is 12.4. The fraction of sp³-hybridized carbons (Fsp3) is 0.0667. The Hall–Kier alpha value is -2.61. The van der Waals surface area contributed by atoms with Gasteiger partial charge in [0, 0.05) is 5.69 Å². The van der Waals surface area contributed by atoms with E-state index >= 15 is 0 Å². The topological polar surface area (TPSA) is 122 Å². The van der Waals surface area contributed by atoms with E-state index in [0.29, 0.717) is 10.6 Å². The van der Waals surface area contributed by atoms with Crippen LogP contribution in [0.5, 0.6) is 5.88 Å². The summed E-state index contributed by atoms with van der Waals surface area (Å²) in [5.74, 6) is -0.201. The van der Waals surface area contributed by atoms with Crippen LogP contribution in [0, 0.1) is 0 Å². The fourth-order valence-corrected chi connectivity index (χ4v) is 4.38. The Morgan fingerprint density at radius 1 is 1.18 bits per heavy atom. The van der Waals surface area contributed by atoms with E-state index < -0.39 is 10.0 Å². The number of hydrogen-bond donors (Lipinski definition) is 3. The van der Waals surface area contributed by atoms with Gasteiger partial charge < -0.3 is 10.1 Å². The van der Waals surface area contributed by atoms with Gasteiger partial charge in [0.2, 0.25) is 5.82 Å². The highest BCUT2D eigenvalue weighted by atomic mass is 32.2. The summed E-state index contributed by atoms with van der Waals surface area (Å²) in [6, 6.07) is 9.27. The van der Waals surface area contributed by atoms with Gasteiger partial charge >= 0.3 is 0 Å². The van der Waals surface area contributed by atoms with Gasteiger partial charge in [-0.3, -0.25) is 14.8 Å². The average Bonchev–Trinajstić information content (AvgIpc) is 3.33. The molecule has 0 radical (unpaired) electrons. The molecule has 0 aliphatic heterocycles. The van der Waals surface area contributed by atoms with Crippen LogP contribution in [-0.2, 0) is 10.0 Å². The number of anilines is 2. The van der Waals surface area contributed by atoms with Gasteiger partial charge in [0.1, 0.15) is 0 Å². The SMILES string of the molecule is COc1nsnc1NS(=O)(=O)c1ccc(NC(=S)NC(=O)c2cccs2)cc1. The third-order valence-electron chi connectivity index (χ3n) is 3.28. The van der Waals surface area contributed by atoms with Crippen molar-refractivity contribution in [3.8, 4) is 5.88 Å². The number of hydrogen-bond acceptors (Lipinski definition) is 9. The van der Waals surface area contributed by atoms with Crippen molar-refractivity contribution in [2.75, 3.05) is 17.1 Å². The molecule has 0 aliphatic carbocycles. The summed E-state index contributed by atoms with van der Waals surface area (Å²) < 4.78 is 39.8. The molecule has 1 amide bonds. The minimum atomic E-state index is -3.86. The standard InChI is InChI=1S/C15H13N5O4S4/c1-24-14-12(18-27-19-14)20-28(22,23)10-6-4-9(5-7-10)16-15(25)17-13(21)11-3-2-8-26-11/h2-8H,1H3,(H,18,20)(H2,16,17,21,25). The van der Waals surface area contributed by atoms with Crippen molar-refractivity contribution in [2.24, 2.45) is 0 Å². The number of ether oxygens (including phenoxy) is 1. The number of amides is 1. The molecule has 0 aliphatic rings. The molecule has 0 saturated heterocycles. The van der Waals surface area contributed by atoms with Crippen molar-refractivity contribution in [3.63, 3.8) is 0 Å². The number of sulfonamides is 1. The smallest absolute Gasteiger partial charge is 0.271 e. The summed E-state index contributed by atoms with van der Waals surface area (Å²) in [4.78, 5) is 12.5. The largest absolute Gasteiger partial charge is 0.478 e. The van der Waals surface area contributed by atoms with Crippen molar-refractivity contribution in [1.82, 2.24) is 14.1 Å². The monoisotopic (exact) mass is 455 g/mol. The molecule has 0 unspecified atom stereocenters. The van der Waals surface area contributed by atoms with Gasteiger partial charge in [-0.05, 0) is 47.9 Å². The fourth-order valence-electron chi connectivity index (χ4n) is 2.02. The quantitative estimate of drug-likeness (QED) is 0.485. The van der Waals surface area contributed by atoms with Crippen LogP contribution in [-0.4, -0.2) is 35.3 Å². The molecular weight excluding hydrogens is 442 g/mol. The molecule has 3 rings (SSSR count). The van der Waals surface area contributed by atoms with Crippen LogP contribution in [0.1, 0.15) is 9.67 Å². The number of rotatable bonds is 6. The van der Waals surface area contributed by atoms with E-state index in [9.17, 15) is 13.2 Å². The molecule has 2 aromatic heterocycles. The second-order valence-electron chi connectivity index (χ2n) is 5.14. The number of thiophene rings is 1. The third-order valence-corrected chi connectivity index (χ3v) is 6.22. The summed E-state index contributed by atoms with van der Waals surface area (Å²) in [5.41, 5.74) is 0.517. The molecule has 1 aromatic carbocycles.